The van der Waals surface area contributed by atoms with E-state index in [0.717, 1.165) is 0 Å². The molecule has 2 aromatic carbocycles. The number of nitrogens with one attached hydrogen (secondary N) is 3. The van der Waals surface area contributed by atoms with Crippen LogP contribution in [0.2, 0.25) is 0 Å². The van der Waals surface area contributed by atoms with E-state index in [1.807, 2.05) is 0 Å². The molecule has 0 aromatic heterocycles. The van der Waals surface area contributed by atoms with E-state index >= 15 is 0 Å². The maximum atomic E-state index is 12.1. The van der Waals surface area contributed by atoms with E-state index in [4.69, 9.17) is 5.73 Å². The topological polar surface area (TPSA) is 147 Å². The Morgan fingerprint density at radius 1 is 0.882 bits per heavy atom. The molecule has 0 heterocycles. The molecule has 1 amide bonds. The lowest BCUT2D eigenvalue weighted by Crippen LogP contribution is -2.30. The Morgan fingerprint density at radius 3 is 1.71 bits per heavy atom. The Bertz CT molecular complexity index is 1240. The summed E-state index contributed by atoms with van der Waals surface area (Å²) in [6, 6.07) is 8.88. The van der Waals surface area contributed by atoms with Crippen molar-refractivity contribution in [3.8, 4) is 0 Å². The van der Waals surface area contributed by atoms with Crippen molar-refractivity contribution < 1.29 is 34.8 Å². The van der Waals surface area contributed by atoms with Crippen LogP contribution >= 0.6 is 31.9 Å². The molecule has 2 aromatic rings. The average molecular weight is 654 g/mol. The van der Waals surface area contributed by atoms with Crippen LogP contribution in [0, 0.1) is 0 Å². The third-order valence-corrected chi connectivity index (χ3v) is 7.95. The minimum absolute atomic E-state index is 0.0393. The van der Waals surface area contributed by atoms with Crippen molar-refractivity contribution in [2.75, 3.05) is 25.1 Å². The molecule has 0 fully saturated rings. The van der Waals surface area contributed by atoms with Gasteiger partial charge in [-0.15, -0.1) is 0 Å². The first-order valence-corrected chi connectivity index (χ1v) is 13.9. The standard InChI is InChI=1S/C10H10BrF3N2O3S.C8H11BrN2O2S/c1-15-20(18,19)5-6-2-3-8(7(11)4-6)16-9(17)10(12,13)14;1-11-14(12,13)5-6-2-3-8(10)7(9)4-6/h2-4,15H,5H2,1H3,(H,16,17);2-4,11H,5,10H2,1H3. The van der Waals surface area contributed by atoms with Gasteiger partial charge in [-0.2, -0.15) is 13.2 Å². The molecule has 0 bridgehead atoms. The molecule has 190 valence electrons. The fourth-order valence-electron chi connectivity index (χ4n) is 2.19. The second kappa shape index (κ2) is 12.3. The summed E-state index contributed by atoms with van der Waals surface area (Å²) in [5.74, 6) is -2.47. The molecule has 0 unspecified atom stereocenters. The average Bonchev–Trinajstić information content (AvgIpc) is 2.72. The van der Waals surface area contributed by atoms with Crippen LogP contribution in [0.25, 0.3) is 0 Å². The highest BCUT2D eigenvalue weighted by atomic mass is 79.9. The summed E-state index contributed by atoms with van der Waals surface area (Å²) in [6.45, 7) is 0. The van der Waals surface area contributed by atoms with Gasteiger partial charge in [-0.3, -0.25) is 4.79 Å². The second-order valence-electron chi connectivity index (χ2n) is 6.55. The SMILES string of the molecule is CNS(=O)(=O)Cc1ccc(N)c(Br)c1.CNS(=O)(=O)Cc1ccc(NC(=O)C(F)(F)F)c(Br)c1. The van der Waals surface area contributed by atoms with E-state index < -0.39 is 32.1 Å². The van der Waals surface area contributed by atoms with Gasteiger partial charge in [-0.05, 0) is 81.3 Å². The van der Waals surface area contributed by atoms with Crippen molar-refractivity contribution in [3.63, 3.8) is 0 Å². The van der Waals surface area contributed by atoms with Crippen molar-refractivity contribution in [1.82, 2.24) is 9.44 Å². The smallest absolute Gasteiger partial charge is 0.398 e. The molecule has 2 rings (SSSR count). The number of anilines is 2. The van der Waals surface area contributed by atoms with Crippen molar-refractivity contribution >= 4 is 69.2 Å². The molecule has 34 heavy (non-hydrogen) atoms. The minimum Gasteiger partial charge on any atom is -0.398 e. The van der Waals surface area contributed by atoms with Crippen molar-refractivity contribution in [1.29, 1.82) is 0 Å². The van der Waals surface area contributed by atoms with E-state index in [1.165, 1.54) is 32.3 Å². The highest BCUT2D eigenvalue weighted by molar-refractivity contribution is 9.11. The van der Waals surface area contributed by atoms with Gasteiger partial charge in [0.05, 0.1) is 17.2 Å². The van der Waals surface area contributed by atoms with Gasteiger partial charge in [0.25, 0.3) is 0 Å². The number of benzene rings is 2. The second-order valence-corrected chi connectivity index (χ2v) is 12.1. The van der Waals surface area contributed by atoms with Crippen molar-refractivity contribution in [3.05, 3.63) is 56.5 Å². The molecule has 0 spiro atoms. The molecule has 0 saturated heterocycles. The number of carbonyl (C=O) groups excluding carboxylic acids is 1. The number of halogens is 5. The Labute approximate surface area is 212 Å². The lowest BCUT2D eigenvalue weighted by Gasteiger charge is -2.11. The van der Waals surface area contributed by atoms with Crippen LogP contribution in [0.1, 0.15) is 11.1 Å². The van der Waals surface area contributed by atoms with Crippen LogP contribution in [0.5, 0.6) is 0 Å². The highest BCUT2D eigenvalue weighted by Crippen LogP contribution is 2.27. The van der Waals surface area contributed by atoms with Gasteiger partial charge in [0, 0.05) is 14.6 Å². The third-order valence-electron chi connectivity index (χ3n) is 3.94. The summed E-state index contributed by atoms with van der Waals surface area (Å²) in [6.07, 6.45) is -4.99. The number of hydrogen-bond donors (Lipinski definition) is 4. The van der Waals surface area contributed by atoms with Gasteiger partial charge in [0.2, 0.25) is 20.0 Å². The van der Waals surface area contributed by atoms with Crippen LogP contribution in [-0.4, -0.2) is 43.0 Å². The number of carbonyl (C=O) groups is 1. The summed E-state index contributed by atoms with van der Waals surface area (Å²) in [7, 11) is -4.06. The molecule has 5 N–H and O–H groups in total. The number of rotatable bonds is 7. The summed E-state index contributed by atoms with van der Waals surface area (Å²) in [5.41, 5.74) is 7.12. The Morgan fingerprint density at radius 2 is 1.32 bits per heavy atom. The van der Waals surface area contributed by atoms with Crippen LogP contribution < -0.4 is 20.5 Å². The van der Waals surface area contributed by atoms with Crippen molar-refractivity contribution in [2.45, 2.75) is 17.7 Å². The van der Waals surface area contributed by atoms with Gasteiger partial charge in [-0.1, -0.05) is 12.1 Å². The number of hydrogen-bond acceptors (Lipinski definition) is 6. The van der Waals surface area contributed by atoms with E-state index in [-0.39, 0.29) is 21.7 Å². The summed E-state index contributed by atoms with van der Waals surface area (Å²) >= 11 is 6.21. The third kappa shape index (κ3) is 10.3. The fourth-order valence-corrected chi connectivity index (χ4v) is 4.66. The van der Waals surface area contributed by atoms with Gasteiger partial charge in [0.15, 0.2) is 0 Å². The lowest BCUT2D eigenvalue weighted by molar-refractivity contribution is -0.167. The number of nitrogens with two attached hydrogens (primary N) is 1. The van der Waals surface area contributed by atoms with Crippen LogP contribution in [-0.2, 0) is 36.3 Å². The largest absolute Gasteiger partial charge is 0.471 e. The molecule has 0 saturated carbocycles. The molecule has 0 aliphatic carbocycles. The number of nitrogen functional groups attached to an aromatic ring is 1. The number of sulfonamides is 2. The summed E-state index contributed by atoms with van der Waals surface area (Å²) in [4.78, 5) is 10.8. The quantitative estimate of drug-likeness (QED) is 0.338. The maximum absolute atomic E-state index is 12.1. The zero-order chi connectivity index (χ0) is 26.3. The normalized spacial score (nSPS) is 12.0. The summed E-state index contributed by atoms with van der Waals surface area (Å²) in [5, 5.41) is 1.68. The molecular formula is C18H21Br2F3N4O5S2. The van der Waals surface area contributed by atoms with Gasteiger partial charge >= 0.3 is 12.1 Å². The lowest BCUT2D eigenvalue weighted by atomic mass is 10.2. The zero-order valence-electron chi connectivity index (χ0n) is 17.7. The maximum Gasteiger partial charge on any atom is 0.471 e. The molecule has 0 aliphatic heterocycles. The van der Waals surface area contributed by atoms with E-state index in [0.29, 0.717) is 21.3 Å². The molecule has 0 atom stereocenters. The first kappa shape index (κ1) is 30.3. The fraction of sp³-hybridized carbons (Fsp3) is 0.278. The van der Waals surface area contributed by atoms with Crippen LogP contribution in [0.4, 0.5) is 24.5 Å². The van der Waals surface area contributed by atoms with Gasteiger partial charge in [0.1, 0.15) is 0 Å². The van der Waals surface area contributed by atoms with Gasteiger partial charge in [-0.25, -0.2) is 26.3 Å². The summed E-state index contributed by atoms with van der Waals surface area (Å²) < 4.78 is 86.6. The molecule has 16 heteroatoms. The Balaban J connectivity index is 0.000000362. The predicted octanol–water partition coefficient (Wildman–Crippen LogP) is 3.08. The molecule has 9 nitrogen and oxygen atoms in total. The van der Waals surface area contributed by atoms with Gasteiger partial charge < -0.3 is 11.1 Å². The van der Waals surface area contributed by atoms with Crippen LogP contribution in [0.3, 0.4) is 0 Å². The number of alkyl halides is 3. The van der Waals surface area contributed by atoms with Crippen LogP contribution in [0.15, 0.2) is 45.3 Å². The Hall–Kier alpha value is -1.72. The minimum atomic E-state index is -4.99. The molecular weight excluding hydrogens is 633 g/mol. The Kier molecular flexibility index (Phi) is 11.0. The first-order valence-electron chi connectivity index (χ1n) is 9.02. The molecule has 0 radical (unpaired) electrons. The van der Waals surface area contributed by atoms with E-state index in [2.05, 4.69) is 41.3 Å². The van der Waals surface area contributed by atoms with Crippen molar-refractivity contribution in [2.24, 2.45) is 0 Å². The predicted molar refractivity (Wildman–Crippen MR) is 131 cm³/mol. The molecule has 0 aliphatic rings. The first-order chi connectivity index (χ1) is 15.5. The zero-order valence-corrected chi connectivity index (χ0v) is 22.5. The highest BCUT2D eigenvalue weighted by Gasteiger charge is 2.38. The number of amides is 1. The van der Waals surface area contributed by atoms with E-state index in [9.17, 15) is 34.8 Å². The van der Waals surface area contributed by atoms with E-state index in [1.54, 1.807) is 23.5 Å². The monoisotopic (exact) mass is 652 g/mol.